The number of likely N-dealkylation sites (tertiary alicyclic amines) is 1. The third-order valence-electron chi connectivity index (χ3n) is 9.02. The van der Waals surface area contributed by atoms with Crippen LogP contribution in [0, 0.1) is 5.92 Å². The van der Waals surface area contributed by atoms with Gasteiger partial charge < -0.3 is 10.6 Å². The molecule has 0 spiro atoms. The third kappa shape index (κ3) is 4.93. The second kappa shape index (κ2) is 11.9. The highest BCUT2D eigenvalue weighted by atomic mass is 79.9. The van der Waals surface area contributed by atoms with Gasteiger partial charge in [0, 0.05) is 17.4 Å². The van der Waals surface area contributed by atoms with Gasteiger partial charge in [-0.1, -0.05) is 104 Å². The Balaban J connectivity index is 0.00000168. The Kier molecular flexibility index (Phi) is 8.77. The fourth-order valence-electron chi connectivity index (χ4n) is 7.19. The van der Waals surface area contributed by atoms with Crippen LogP contribution in [-0.4, -0.2) is 34.6 Å². The van der Waals surface area contributed by atoms with Gasteiger partial charge in [0.25, 0.3) is 0 Å². The third-order valence-corrected chi connectivity index (χ3v) is 9.02. The average Bonchev–Trinajstić information content (AvgIpc) is 2.92. The first-order chi connectivity index (χ1) is 17.7. The highest BCUT2D eigenvalue weighted by Crippen LogP contribution is 2.53. The molecule has 1 aliphatic carbocycles. The highest BCUT2D eigenvalue weighted by molar-refractivity contribution is 8.93. The van der Waals surface area contributed by atoms with E-state index in [9.17, 15) is 5.11 Å². The smallest absolute Gasteiger partial charge is 0.115 e. The Hall–Kier alpha value is -2.92. The number of phenols is 1. The first-order valence-corrected chi connectivity index (χ1v) is 13.4. The van der Waals surface area contributed by atoms with Crippen LogP contribution in [0.3, 0.4) is 0 Å². The van der Waals surface area contributed by atoms with E-state index in [1.807, 2.05) is 12.1 Å². The zero-order valence-corrected chi connectivity index (χ0v) is 23.7. The summed E-state index contributed by atoms with van der Waals surface area (Å²) >= 11 is 0. The second-order valence-electron chi connectivity index (χ2n) is 10.7. The number of fused-ring (bicyclic) bond motifs is 4. The number of halogens is 1. The van der Waals surface area contributed by atoms with Crippen molar-refractivity contribution in [1.29, 1.82) is 0 Å². The molecule has 4 aromatic carbocycles. The quantitative estimate of drug-likeness (QED) is 0.273. The molecule has 2 bridgehead atoms. The van der Waals surface area contributed by atoms with Crippen LogP contribution in [0.4, 0.5) is 0 Å². The zero-order chi connectivity index (χ0) is 24.5. The SMILES string of the molecule is Br.CC1C2Cc3ccc(O)cc3C1(c1ccccc1)CCN2CCC(c1ccccc1)c1ccccc1.O. The number of benzene rings is 4. The van der Waals surface area contributed by atoms with Gasteiger partial charge in [0.15, 0.2) is 0 Å². The topological polar surface area (TPSA) is 55.0 Å². The second-order valence-corrected chi connectivity index (χ2v) is 10.7. The van der Waals surface area contributed by atoms with Crippen LogP contribution in [0.25, 0.3) is 0 Å². The van der Waals surface area contributed by atoms with Crippen LogP contribution in [0.1, 0.15) is 53.5 Å². The van der Waals surface area contributed by atoms with Crippen molar-refractivity contribution < 1.29 is 10.6 Å². The molecule has 1 fully saturated rings. The Morgan fingerprint density at radius 3 is 2.03 bits per heavy atom. The Bertz CT molecular complexity index is 1270. The van der Waals surface area contributed by atoms with Crippen LogP contribution < -0.4 is 0 Å². The largest absolute Gasteiger partial charge is 0.508 e. The molecule has 3 atom stereocenters. The Labute approximate surface area is 237 Å². The van der Waals surface area contributed by atoms with Crippen LogP contribution in [0.5, 0.6) is 5.75 Å². The molecule has 3 N–H and O–H groups in total. The lowest BCUT2D eigenvalue weighted by atomic mass is 9.55. The van der Waals surface area contributed by atoms with Crippen LogP contribution >= 0.6 is 17.0 Å². The molecule has 4 aromatic rings. The van der Waals surface area contributed by atoms with Crippen molar-refractivity contribution in [3.8, 4) is 5.75 Å². The van der Waals surface area contributed by atoms with Crippen LogP contribution in [-0.2, 0) is 11.8 Å². The molecule has 0 amide bonds. The summed E-state index contributed by atoms with van der Waals surface area (Å²) in [5, 5.41) is 10.4. The predicted molar refractivity (Wildman–Crippen MR) is 161 cm³/mol. The van der Waals surface area contributed by atoms with E-state index in [2.05, 4.69) is 109 Å². The van der Waals surface area contributed by atoms with Gasteiger partial charge in [-0.15, -0.1) is 17.0 Å². The minimum atomic E-state index is -0.0486. The predicted octanol–water partition coefficient (Wildman–Crippen LogP) is 6.92. The van der Waals surface area contributed by atoms with Crippen molar-refractivity contribution in [2.24, 2.45) is 5.92 Å². The summed E-state index contributed by atoms with van der Waals surface area (Å²) in [6.07, 6.45) is 3.23. The standard InChI is InChI=1S/C34H35NO.BrH.H2O/c1-25-33-23-28-17-18-30(36)24-32(28)34(25,29-15-9-4-10-16-29)20-22-35(33)21-19-31(26-11-5-2-6-12-26)27-13-7-3-8-14-27;;/h2-18,24-25,31,33,36H,19-23H2,1H3;1H;1H2. The number of piperidine rings is 1. The molecule has 0 radical (unpaired) electrons. The molecule has 1 aliphatic heterocycles. The first-order valence-electron chi connectivity index (χ1n) is 13.4. The summed E-state index contributed by atoms with van der Waals surface area (Å²) in [4.78, 5) is 2.76. The van der Waals surface area contributed by atoms with Crippen molar-refractivity contribution in [3.63, 3.8) is 0 Å². The molecular weight excluding hydrogens is 534 g/mol. The highest BCUT2D eigenvalue weighted by Gasteiger charge is 2.52. The fourth-order valence-corrected chi connectivity index (χ4v) is 7.19. The number of nitrogens with zero attached hydrogens (tertiary/aromatic N) is 1. The van der Waals surface area contributed by atoms with Crippen molar-refractivity contribution in [2.75, 3.05) is 13.1 Å². The van der Waals surface area contributed by atoms with Gasteiger partial charge in [-0.25, -0.2) is 0 Å². The number of hydrogen-bond donors (Lipinski definition) is 1. The molecule has 3 unspecified atom stereocenters. The Morgan fingerprint density at radius 1 is 0.842 bits per heavy atom. The minimum absolute atomic E-state index is 0. The molecular formula is C34H38BrNO2. The van der Waals surface area contributed by atoms with E-state index in [0.717, 1.165) is 32.4 Å². The van der Waals surface area contributed by atoms with Gasteiger partial charge in [0.1, 0.15) is 5.75 Å². The maximum absolute atomic E-state index is 10.4. The molecule has 4 heteroatoms. The summed E-state index contributed by atoms with van der Waals surface area (Å²) in [6, 6.07) is 39.6. The van der Waals surface area contributed by atoms with Gasteiger partial charge in [0.2, 0.25) is 0 Å². The van der Waals surface area contributed by atoms with Gasteiger partial charge in [-0.05, 0) is 78.2 Å². The molecule has 0 saturated carbocycles. The molecule has 3 nitrogen and oxygen atoms in total. The van der Waals surface area contributed by atoms with Gasteiger partial charge >= 0.3 is 0 Å². The van der Waals surface area contributed by atoms with E-state index in [0.29, 0.717) is 23.6 Å². The fraction of sp³-hybridized carbons (Fsp3) is 0.294. The molecule has 1 heterocycles. The summed E-state index contributed by atoms with van der Waals surface area (Å²) < 4.78 is 0. The number of phenolic OH excluding ortho intramolecular Hbond substituents is 1. The molecule has 6 rings (SSSR count). The number of rotatable bonds is 6. The molecule has 0 aromatic heterocycles. The van der Waals surface area contributed by atoms with Gasteiger partial charge in [-0.3, -0.25) is 4.90 Å². The maximum Gasteiger partial charge on any atom is 0.115 e. The monoisotopic (exact) mass is 571 g/mol. The Morgan fingerprint density at radius 2 is 1.42 bits per heavy atom. The van der Waals surface area contributed by atoms with E-state index in [1.54, 1.807) is 0 Å². The molecule has 38 heavy (non-hydrogen) atoms. The lowest BCUT2D eigenvalue weighted by molar-refractivity contribution is 0.0394. The lowest BCUT2D eigenvalue weighted by Crippen LogP contribution is -2.59. The summed E-state index contributed by atoms with van der Waals surface area (Å²) in [5.41, 5.74) is 6.87. The van der Waals surface area contributed by atoms with E-state index in [-0.39, 0.29) is 27.9 Å². The first kappa shape index (κ1) is 28.1. The van der Waals surface area contributed by atoms with E-state index in [4.69, 9.17) is 0 Å². The maximum atomic E-state index is 10.4. The van der Waals surface area contributed by atoms with Crippen LogP contribution in [0.2, 0.25) is 0 Å². The van der Waals surface area contributed by atoms with Crippen molar-refractivity contribution in [1.82, 2.24) is 4.90 Å². The zero-order valence-electron chi connectivity index (χ0n) is 22.0. The number of hydrogen-bond acceptors (Lipinski definition) is 2. The van der Waals surface area contributed by atoms with Crippen molar-refractivity contribution >= 4 is 17.0 Å². The number of aromatic hydroxyl groups is 1. The van der Waals surface area contributed by atoms with E-state index >= 15 is 0 Å². The summed E-state index contributed by atoms with van der Waals surface area (Å²) in [6.45, 7) is 4.61. The minimum Gasteiger partial charge on any atom is -0.508 e. The lowest BCUT2D eigenvalue weighted by Gasteiger charge is -2.56. The van der Waals surface area contributed by atoms with Crippen molar-refractivity contribution in [3.05, 3.63) is 137 Å². The van der Waals surface area contributed by atoms with Gasteiger partial charge in [-0.2, -0.15) is 0 Å². The average molecular weight is 573 g/mol. The summed E-state index contributed by atoms with van der Waals surface area (Å²) in [7, 11) is 0. The normalized spacial score (nSPS) is 22.2. The van der Waals surface area contributed by atoms with Crippen molar-refractivity contribution in [2.45, 2.75) is 43.6 Å². The summed E-state index contributed by atoms with van der Waals surface area (Å²) in [5.74, 6) is 1.25. The van der Waals surface area contributed by atoms with Gasteiger partial charge in [0.05, 0.1) is 0 Å². The van der Waals surface area contributed by atoms with E-state index < -0.39 is 0 Å². The molecule has 198 valence electrons. The molecule has 2 aliphatic rings. The van der Waals surface area contributed by atoms with Crippen LogP contribution in [0.15, 0.2) is 109 Å². The van der Waals surface area contributed by atoms with E-state index in [1.165, 1.54) is 27.8 Å². The molecule has 1 saturated heterocycles.